The Morgan fingerprint density at radius 1 is 1.20 bits per heavy atom. The van der Waals surface area contributed by atoms with Crippen molar-refractivity contribution in [3.8, 4) is 11.8 Å². The summed E-state index contributed by atoms with van der Waals surface area (Å²) in [7, 11) is 0. The number of amides is 1. The van der Waals surface area contributed by atoms with E-state index < -0.39 is 0 Å². The van der Waals surface area contributed by atoms with Gasteiger partial charge < -0.3 is 4.42 Å². The maximum Gasteiger partial charge on any atom is 0.294 e. The predicted molar refractivity (Wildman–Crippen MR) is 79.8 cm³/mol. The van der Waals surface area contributed by atoms with Gasteiger partial charge in [-0.3, -0.25) is 9.69 Å². The van der Waals surface area contributed by atoms with Gasteiger partial charge in [0.2, 0.25) is 0 Å². The highest BCUT2D eigenvalue weighted by atomic mass is 16.3. The molecule has 0 fully saturated rings. The monoisotopic (exact) mass is 267 g/mol. The van der Waals surface area contributed by atoms with Gasteiger partial charge >= 0.3 is 0 Å². The van der Waals surface area contributed by atoms with Crippen LogP contribution in [-0.4, -0.2) is 12.5 Å². The first kappa shape index (κ1) is 14.0. The van der Waals surface area contributed by atoms with E-state index >= 15 is 0 Å². The van der Waals surface area contributed by atoms with Gasteiger partial charge in [-0.05, 0) is 44.0 Å². The molecule has 0 spiro atoms. The molecule has 3 nitrogen and oxygen atoms in total. The van der Waals surface area contributed by atoms with Crippen LogP contribution >= 0.6 is 0 Å². The summed E-state index contributed by atoms with van der Waals surface area (Å²) in [5.41, 5.74) is 2.99. The Morgan fingerprint density at radius 2 is 1.90 bits per heavy atom. The minimum absolute atomic E-state index is 0.171. The second-order valence-corrected chi connectivity index (χ2v) is 4.54. The molecule has 0 bridgehead atoms. The van der Waals surface area contributed by atoms with Crippen molar-refractivity contribution in [2.75, 3.05) is 11.4 Å². The highest BCUT2D eigenvalue weighted by molar-refractivity contribution is 6.05. The van der Waals surface area contributed by atoms with E-state index in [1.165, 1.54) is 6.26 Å². The third-order valence-electron chi connectivity index (χ3n) is 3.10. The van der Waals surface area contributed by atoms with Gasteiger partial charge in [-0.1, -0.05) is 24.1 Å². The summed E-state index contributed by atoms with van der Waals surface area (Å²) in [5, 5.41) is 0. The second-order valence-electron chi connectivity index (χ2n) is 4.54. The molecule has 0 aliphatic rings. The zero-order valence-electron chi connectivity index (χ0n) is 11.9. The lowest BCUT2D eigenvalue weighted by Crippen LogP contribution is -2.32. The van der Waals surface area contributed by atoms with E-state index in [-0.39, 0.29) is 5.91 Å². The topological polar surface area (TPSA) is 33.5 Å². The van der Waals surface area contributed by atoms with Crippen molar-refractivity contribution >= 4 is 11.6 Å². The van der Waals surface area contributed by atoms with E-state index in [2.05, 4.69) is 11.8 Å². The number of carbonyl (C=O) groups excluding carboxylic acids is 1. The molecule has 0 unspecified atom stereocenters. The molecule has 0 saturated carbocycles. The molecule has 0 aliphatic heterocycles. The number of benzene rings is 1. The molecule has 2 rings (SSSR count). The summed E-state index contributed by atoms with van der Waals surface area (Å²) in [4.78, 5) is 14.2. The predicted octanol–water partition coefficient (Wildman–Crippen LogP) is 3.57. The van der Waals surface area contributed by atoms with E-state index in [0.717, 1.165) is 16.8 Å². The Balaban J connectivity index is 2.47. The number of furan rings is 1. The standard InChI is InChI=1S/C17H17NO2/c1-4-5-11-18(17(19)15-10-7-12-20-15)16-13(2)8-6-9-14(16)3/h6-10,12H,11H2,1-3H3. The summed E-state index contributed by atoms with van der Waals surface area (Å²) in [5.74, 6) is 5.94. The first-order chi connectivity index (χ1) is 9.65. The second kappa shape index (κ2) is 6.12. The van der Waals surface area contributed by atoms with Crippen LogP contribution in [0.25, 0.3) is 0 Å². The van der Waals surface area contributed by atoms with Crippen LogP contribution in [0.1, 0.15) is 28.6 Å². The summed E-state index contributed by atoms with van der Waals surface area (Å²) in [6, 6.07) is 9.34. The van der Waals surface area contributed by atoms with E-state index in [1.54, 1.807) is 24.0 Å². The fourth-order valence-electron chi connectivity index (χ4n) is 2.18. The number of hydrogen-bond acceptors (Lipinski definition) is 2. The number of anilines is 1. The Bertz CT molecular complexity index is 640. The van der Waals surface area contributed by atoms with Crippen molar-refractivity contribution in [2.24, 2.45) is 0 Å². The van der Waals surface area contributed by atoms with Gasteiger partial charge in [-0.25, -0.2) is 0 Å². The molecular weight excluding hydrogens is 250 g/mol. The highest BCUT2D eigenvalue weighted by Gasteiger charge is 2.21. The number of rotatable bonds is 3. The zero-order chi connectivity index (χ0) is 14.5. The van der Waals surface area contributed by atoms with E-state index in [4.69, 9.17) is 4.42 Å². The number of carbonyl (C=O) groups is 1. The molecule has 1 amide bonds. The summed E-state index contributed by atoms with van der Waals surface area (Å²) in [6.07, 6.45) is 1.50. The van der Waals surface area contributed by atoms with Crippen molar-refractivity contribution in [1.82, 2.24) is 0 Å². The molecule has 2 aromatic rings. The summed E-state index contributed by atoms with van der Waals surface area (Å²) >= 11 is 0. The highest BCUT2D eigenvalue weighted by Crippen LogP contribution is 2.26. The minimum atomic E-state index is -0.171. The fraction of sp³-hybridized carbons (Fsp3) is 0.235. The van der Waals surface area contributed by atoms with Crippen molar-refractivity contribution < 1.29 is 9.21 Å². The molecule has 1 aromatic heterocycles. The van der Waals surface area contributed by atoms with Crippen molar-refractivity contribution in [3.63, 3.8) is 0 Å². The molecule has 20 heavy (non-hydrogen) atoms. The van der Waals surface area contributed by atoms with Crippen molar-refractivity contribution in [1.29, 1.82) is 0 Å². The van der Waals surface area contributed by atoms with Crippen LogP contribution in [-0.2, 0) is 0 Å². The number of hydrogen-bond donors (Lipinski definition) is 0. The van der Waals surface area contributed by atoms with Crippen molar-refractivity contribution in [3.05, 3.63) is 53.5 Å². The molecule has 0 aliphatic carbocycles. The first-order valence-electron chi connectivity index (χ1n) is 6.46. The maximum atomic E-state index is 12.6. The zero-order valence-corrected chi connectivity index (χ0v) is 11.9. The van der Waals surface area contributed by atoms with Gasteiger partial charge in [-0.2, -0.15) is 0 Å². The lowest BCUT2D eigenvalue weighted by Gasteiger charge is -2.23. The van der Waals surface area contributed by atoms with Gasteiger partial charge in [0.05, 0.1) is 18.5 Å². The van der Waals surface area contributed by atoms with Gasteiger partial charge in [0.15, 0.2) is 5.76 Å². The molecule has 1 heterocycles. The van der Waals surface area contributed by atoms with Crippen LogP contribution in [0, 0.1) is 25.7 Å². The number of para-hydroxylation sites is 1. The Labute approximate surface area is 119 Å². The average Bonchev–Trinajstić information content (AvgIpc) is 2.95. The van der Waals surface area contributed by atoms with Crippen LogP contribution in [0.15, 0.2) is 41.0 Å². The Kier molecular flexibility index (Phi) is 4.27. The van der Waals surface area contributed by atoms with Gasteiger partial charge in [-0.15, -0.1) is 5.92 Å². The molecule has 0 N–H and O–H groups in total. The van der Waals surface area contributed by atoms with E-state index in [0.29, 0.717) is 12.3 Å². The lowest BCUT2D eigenvalue weighted by atomic mass is 10.1. The molecule has 3 heteroatoms. The SMILES string of the molecule is CC#CCN(C(=O)c1ccco1)c1c(C)cccc1C. The van der Waals surface area contributed by atoms with E-state index in [9.17, 15) is 4.79 Å². The van der Waals surface area contributed by atoms with Gasteiger partial charge in [0.25, 0.3) is 5.91 Å². The molecular formula is C17H17NO2. The number of aryl methyl sites for hydroxylation is 2. The normalized spacial score (nSPS) is 9.75. The lowest BCUT2D eigenvalue weighted by molar-refractivity contribution is 0.0963. The third-order valence-corrected chi connectivity index (χ3v) is 3.10. The van der Waals surface area contributed by atoms with Gasteiger partial charge in [0, 0.05) is 0 Å². The van der Waals surface area contributed by atoms with Gasteiger partial charge in [0.1, 0.15) is 0 Å². The summed E-state index contributed by atoms with van der Waals surface area (Å²) < 4.78 is 5.22. The molecule has 1 aromatic carbocycles. The average molecular weight is 267 g/mol. The van der Waals surface area contributed by atoms with Crippen LogP contribution in [0.2, 0.25) is 0 Å². The third kappa shape index (κ3) is 2.75. The maximum absolute atomic E-state index is 12.6. The fourth-order valence-corrected chi connectivity index (χ4v) is 2.18. The van der Waals surface area contributed by atoms with Crippen LogP contribution < -0.4 is 4.90 Å². The van der Waals surface area contributed by atoms with E-state index in [1.807, 2.05) is 32.0 Å². The van der Waals surface area contributed by atoms with Crippen LogP contribution in [0.4, 0.5) is 5.69 Å². The van der Waals surface area contributed by atoms with Crippen molar-refractivity contribution in [2.45, 2.75) is 20.8 Å². The minimum Gasteiger partial charge on any atom is -0.459 e. The molecule has 0 atom stereocenters. The van der Waals surface area contributed by atoms with Crippen LogP contribution in [0.3, 0.4) is 0 Å². The largest absolute Gasteiger partial charge is 0.459 e. The smallest absolute Gasteiger partial charge is 0.294 e. The Morgan fingerprint density at radius 3 is 2.45 bits per heavy atom. The summed E-state index contributed by atoms with van der Waals surface area (Å²) in [6.45, 7) is 6.09. The first-order valence-corrected chi connectivity index (χ1v) is 6.46. The molecule has 0 saturated heterocycles. The molecule has 0 radical (unpaired) electrons. The Hall–Kier alpha value is -2.47. The molecule has 102 valence electrons. The number of nitrogens with zero attached hydrogens (tertiary/aromatic N) is 1. The quantitative estimate of drug-likeness (QED) is 0.797. The van der Waals surface area contributed by atoms with Crippen LogP contribution in [0.5, 0.6) is 0 Å².